The van der Waals surface area contributed by atoms with E-state index in [1.807, 2.05) is 18.2 Å². The molecule has 1 N–H and O–H groups in total. The van der Waals surface area contributed by atoms with E-state index in [0.29, 0.717) is 6.04 Å². The zero-order valence-corrected chi connectivity index (χ0v) is 10.2. The molecule has 0 spiro atoms. The Morgan fingerprint density at radius 3 is 2.78 bits per heavy atom. The molecule has 0 radical (unpaired) electrons. The Labute approximate surface area is 107 Å². The molecule has 2 aliphatic rings. The fourth-order valence-corrected chi connectivity index (χ4v) is 3.17. The molecule has 1 aliphatic carbocycles. The summed E-state index contributed by atoms with van der Waals surface area (Å²) in [7, 11) is 0. The third-order valence-corrected chi connectivity index (χ3v) is 4.04. The van der Waals surface area contributed by atoms with Crippen molar-refractivity contribution in [2.24, 2.45) is 5.92 Å². The van der Waals surface area contributed by atoms with Crippen LogP contribution in [0.2, 0.25) is 0 Å². The molecular weight excluding hydrogens is 226 g/mol. The van der Waals surface area contributed by atoms with Crippen LogP contribution in [0.3, 0.4) is 0 Å². The van der Waals surface area contributed by atoms with Gasteiger partial charge in [-0.3, -0.25) is 9.69 Å². The van der Waals surface area contributed by atoms with Crippen LogP contribution in [0.4, 0.5) is 0 Å². The van der Waals surface area contributed by atoms with E-state index in [9.17, 15) is 9.90 Å². The van der Waals surface area contributed by atoms with Crippen molar-refractivity contribution in [2.75, 3.05) is 6.54 Å². The Bertz CT molecular complexity index is 469. The number of hydrogen-bond donors (Lipinski definition) is 1. The van der Waals surface area contributed by atoms with Gasteiger partial charge in [-0.05, 0) is 18.4 Å². The number of benzene rings is 1. The van der Waals surface area contributed by atoms with Crippen LogP contribution < -0.4 is 0 Å². The van der Waals surface area contributed by atoms with Crippen LogP contribution in [0.5, 0.6) is 0 Å². The maximum atomic E-state index is 11.3. The minimum absolute atomic E-state index is 0.211. The Morgan fingerprint density at radius 1 is 1.28 bits per heavy atom. The molecule has 1 aromatic carbocycles. The number of fused-ring (bicyclic) bond motifs is 2. The van der Waals surface area contributed by atoms with E-state index >= 15 is 0 Å². The first-order valence-corrected chi connectivity index (χ1v) is 6.46. The average Bonchev–Trinajstić information content (AvgIpc) is 2.97. The molecule has 3 nitrogen and oxygen atoms in total. The molecule has 18 heavy (non-hydrogen) atoms. The van der Waals surface area contributed by atoms with Gasteiger partial charge >= 0.3 is 5.97 Å². The summed E-state index contributed by atoms with van der Waals surface area (Å²) < 4.78 is 0. The summed E-state index contributed by atoms with van der Waals surface area (Å²) in [5.41, 5.74) is 1.27. The number of likely N-dealkylation sites (tertiary alicyclic amines) is 1. The van der Waals surface area contributed by atoms with Crippen molar-refractivity contribution < 1.29 is 9.90 Å². The molecule has 2 unspecified atom stereocenters. The van der Waals surface area contributed by atoms with Gasteiger partial charge in [0.1, 0.15) is 6.04 Å². The van der Waals surface area contributed by atoms with Crippen molar-refractivity contribution in [3.8, 4) is 0 Å². The topological polar surface area (TPSA) is 40.5 Å². The largest absolute Gasteiger partial charge is 0.480 e. The maximum absolute atomic E-state index is 11.3. The second-order valence-electron chi connectivity index (χ2n) is 5.11. The van der Waals surface area contributed by atoms with Crippen LogP contribution in [0.1, 0.15) is 12.0 Å². The van der Waals surface area contributed by atoms with Gasteiger partial charge in [0.15, 0.2) is 0 Å². The SMILES string of the molecule is O=C(O)[C@H]1C2C=CC(C2)N1CCc1ccccc1. The fourth-order valence-electron chi connectivity index (χ4n) is 3.17. The highest BCUT2D eigenvalue weighted by Gasteiger charge is 2.45. The van der Waals surface area contributed by atoms with E-state index in [1.165, 1.54) is 5.56 Å². The second kappa shape index (κ2) is 4.58. The third-order valence-electron chi connectivity index (χ3n) is 4.04. The molecule has 1 aromatic rings. The van der Waals surface area contributed by atoms with E-state index in [-0.39, 0.29) is 12.0 Å². The highest BCUT2D eigenvalue weighted by atomic mass is 16.4. The van der Waals surface area contributed by atoms with Gasteiger partial charge in [0.2, 0.25) is 0 Å². The van der Waals surface area contributed by atoms with Crippen molar-refractivity contribution in [1.29, 1.82) is 0 Å². The first-order valence-electron chi connectivity index (χ1n) is 6.46. The quantitative estimate of drug-likeness (QED) is 0.822. The fraction of sp³-hybridized carbons (Fsp3) is 0.400. The minimum atomic E-state index is -0.681. The summed E-state index contributed by atoms with van der Waals surface area (Å²) in [6.07, 6.45) is 6.13. The molecule has 0 saturated carbocycles. The summed E-state index contributed by atoms with van der Waals surface area (Å²) in [4.78, 5) is 13.5. The van der Waals surface area contributed by atoms with Crippen molar-refractivity contribution in [2.45, 2.75) is 24.9 Å². The molecule has 3 heteroatoms. The standard InChI is InChI=1S/C15H17NO2/c17-15(18)14-12-6-7-13(10-12)16(14)9-8-11-4-2-1-3-5-11/h1-7,12-14H,8-10H2,(H,17,18)/t12?,13?,14-/m1/s1. The van der Waals surface area contributed by atoms with Crippen molar-refractivity contribution in [1.82, 2.24) is 4.90 Å². The molecule has 2 bridgehead atoms. The smallest absolute Gasteiger partial charge is 0.321 e. The molecule has 1 fully saturated rings. The van der Waals surface area contributed by atoms with Crippen LogP contribution in [-0.2, 0) is 11.2 Å². The minimum Gasteiger partial charge on any atom is -0.480 e. The Morgan fingerprint density at radius 2 is 2.06 bits per heavy atom. The number of rotatable bonds is 4. The first-order chi connectivity index (χ1) is 8.75. The molecule has 3 rings (SSSR count). The van der Waals surface area contributed by atoms with E-state index in [2.05, 4.69) is 29.2 Å². The monoisotopic (exact) mass is 243 g/mol. The Kier molecular flexibility index (Phi) is 2.92. The highest BCUT2D eigenvalue weighted by molar-refractivity contribution is 5.75. The molecule has 3 atom stereocenters. The van der Waals surface area contributed by atoms with Gasteiger partial charge in [0, 0.05) is 18.5 Å². The zero-order valence-electron chi connectivity index (χ0n) is 10.2. The number of nitrogens with zero attached hydrogens (tertiary/aromatic N) is 1. The van der Waals surface area contributed by atoms with Crippen LogP contribution in [0.15, 0.2) is 42.5 Å². The van der Waals surface area contributed by atoms with E-state index < -0.39 is 5.97 Å². The van der Waals surface area contributed by atoms with Gasteiger partial charge in [0.25, 0.3) is 0 Å². The van der Waals surface area contributed by atoms with Crippen molar-refractivity contribution in [3.05, 3.63) is 48.0 Å². The van der Waals surface area contributed by atoms with Gasteiger partial charge < -0.3 is 5.11 Å². The molecular formula is C15H17NO2. The van der Waals surface area contributed by atoms with Crippen LogP contribution >= 0.6 is 0 Å². The maximum Gasteiger partial charge on any atom is 0.321 e. The van der Waals surface area contributed by atoms with Gasteiger partial charge in [-0.25, -0.2) is 0 Å². The van der Waals surface area contributed by atoms with E-state index in [1.54, 1.807) is 0 Å². The van der Waals surface area contributed by atoms with Crippen LogP contribution in [0.25, 0.3) is 0 Å². The Hall–Kier alpha value is -1.61. The number of carbonyl (C=O) groups is 1. The lowest BCUT2D eigenvalue weighted by molar-refractivity contribution is -0.143. The number of hydrogen-bond acceptors (Lipinski definition) is 2. The molecule has 1 saturated heterocycles. The average molecular weight is 243 g/mol. The normalized spacial score (nSPS) is 29.9. The Balaban J connectivity index is 1.69. The molecule has 1 heterocycles. The first kappa shape index (κ1) is 11.5. The highest BCUT2D eigenvalue weighted by Crippen LogP contribution is 2.37. The zero-order chi connectivity index (χ0) is 12.5. The third kappa shape index (κ3) is 1.95. The van der Waals surface area contributed by atoms with Crippen LogP contribution in [-0.4, -0.2) is 34.6 Å². The molecule has 0 amide bonds. The summed E-state index contributed by atoms with van der Waals surface area (Å²) in [6, 6.07) is 10.3. The van der Waals surface area contributed by atoms with Crippen molar-refractivity contribution >= 4 is 5.97 Å². The molecule has 94 valence electrons. The lowest BCUT2D eigenvalue weighted by atomic mass is 10.0. The second-order valence-corrected chi connectivity index (χ2v) is 5.11. The number of carboxylic acids is 1. The summed E-state index contributed by atoms with van der Waals surface area (Å²) in [5, 5.41) is 9.33. The van der Waals surface area contributed by atoms with Crippen molar-refractivity contribution in [3.63, 3.8) is 0 Å². The predicted molar refractivity (Wildman–Crippen MR) is 69.3 cm³/mol. The van der Waals surface area contributed by atoms with Gasteiger partial charge in [-0.2, -0.15) is 0 Å². The predicted octanol–water partition coefficient (Wildman–Crippen LogP) is 1.94. The van der Waals surface area contributed by atoms with Gasteiger partial charge in [0.05, 0.1) is 0 Å². The molecule has 0 aromatic heterocycles. The number of aliphatic carboxylic acids is 1. The van der Waals surface area contributed by atoms with Gasteiger partial charge in [-0.15, -0.1) is 0 Å². The van der Waals surface area contributed by atoms with Gasteiger partial charge in [-0.1, -0.05) is 42.5 Å². The molecule has 1 aliphatic heterocycles. The lowest BCUT2D eigenvalue weighted by Crippen LogP contribution is -2.44. The van der Waals surface area contributed by atoms with E-state index in [0.717, 1.165) is 19.4 Å². The van der Waals surface area contributed by atoms with E-state index in [4.69, 9.17) is 0 Å². The summed E-state index contributed by atoms with van der Waals surface area (Å²) >= 11 is 0. The lowest BCUT2D eigenvalue weighted by Gasteiger charge is -2.29. The summed E-state index contributed by atoms with van der Waals surface area (Å²) in [6.45, 7) is 0.826. The summed E-state index contributed by atoms with van der Waals surface area (Å²) in [5.74, 6) is -0.469. The van der Waals surface area contributed by atoms with Crippen LogP contribution in [0, 0.1) is 5.92 Å². The number of carboxylic acid groups (broad SMARTS) is 1.